The number of carboxylic acid groups (broad SMARTS) is 1. The van der Waals surface area contributed by atoms with Crippen LogP contribution in [0, 0.1) is 5.82 Å². The normalized spacial score (nSPS) is 14.9. The molecule has 3 aromatic rings. The third-order valence-corrected chi connectivity index (χ3v) is 8.85. The summed E-state index contributed by atoms with van der Waals surface area (Å²) < 4.78 is 33.1. The average molecular weight is 501 g/mol. The molecule has 7 nitrogen and oxygen atoms in total. The Morgan fingerprint density at radius 1 is 1.03 bits per heavy atom. The van der Waals surface area contributed by atoms with Gasteiger partial charge in [-0.3, -0.25) is 9.36 Å². The number of aromatic nitrogens is 2. The summed E-state index contributed by atoms with van der Waals surface area (Å²) in [4.78, 5) is 20.7. The van der Waals surface area contributed by atoms with E-state index in [1.165, 1.54) is 19.2 Å². The van der Waals surface area contributed by atoms with Crippen molar-refractivity contribution in [2.24, 2.45) is 0 Å². The first kappa shape index (κ1) is 26.7. The van der Waals surface area contributed by atoms with E-state index in [4.69, 9.17) is 19.6 Å². The molecule has 0 amide bonds. The summed E-state index contributed by atoms with van der Waals surface area (Å²) in [5.41, 5.74) is 2.35. The number of hydrogen-bond donors (Lipinski definition) is 2. The van der Waals surface area contributed by atoms with Gasteiger partial charge in [-0.2, -0.15) is 0 Å². The Morgan fingerprint density at radius 3 is 2.20 bits per heavy atom. The fourth-order valence-corrected chi connectivity index (χ4v) is 6.18. The molecule has 9 heteroatoms. The number of carboxylic acids is 1. The van der Waals surface area contributed by atoms with Crippen LogP contribution in [0.3, 0.4) is 0 Å². The molecule has 35 heavy (non-hydrogen) atoms. The van der Waals surface area contributed by atoms with Gasteiger partial charge >= 0.3 is 5.97 Å². The topological polar surface area (TPSA) is 110 Å². The van der Waals surface area contributed by atoms with Gasteiger partial charge in [0, 0.05) is 23.8 Å². The lowest BCUT2D eigenvalue weighted by Crippen LogP contribution is -2.20. The number of aliphatic carboxylic acids is 1. The van der Waals surface area contributed by atoms with Crippen LogP contribution in [0.5, 0.6) is 0 Å². The molecular weight excluding hydrogens is 470 g/mol. The maximum atomic E-state index is 14.0. The second-order valence-corrected chi connectivity index (χ2v) is 11.7. The Balaban J connectivity index is 2.25. The number of aliphatic hydroxyl groups is 1. The first-order chi connectivity index (χ1) is 16.6. The van der Waals surface area contributed by atoms with Crippen molar-refractivity contribution in [1.29, 1.82) is 0 Å². The standard InChI is InChI=1S/C26H30FN2O5P/c1-16(2)24-23(17(3)35(33,34-4)15-21(30)14-22(31)32)25(18-10-12-20(27)13-11-18)29-26(28-24)19-8-6-5-7-9-19/h5-13,16-17,21,30H,14-15H2,1-4H3,(H,31,32)/t17?,21-,35?/m0/s1. The van der Waals surface area contributed by atoms with E-state index in [1.54, 1.807) is 19.1 Å². The van der Waals surface area contributed by atoms with E-state index in [1.807, 2.05) is 44.2 Å². The molecule has 0 aliphatic rings. The molecule has 0 radical (unpaired) electrons. The number of carbonyl (C=O) groups is 1. The van der Waals surface area contributed by atoms with Crippen LogP contribution in [-0.2, 0) is 13.9 Å². The minimum absolute atomic E-state index is 0.0913. The monoisotopic (exact) mass is 500 g/mol. The van der Waals surface area contributed by atoms with Crippen LogP contribution < -0.4 is 0 Å². The van der Waals surface area contributed by atoms with Crippen LogP contribution in [0.25, 0.3) is 22.6 Å². The summed E-state index contributed by atoms with van der Waals surface area (Å²) in [6.45, 7) is 5.62. The first-order valence-corrected chi connectivity index (χ1v) is 13.2. The molecule has 0 fully saturated rings. The summed E-state index contributed by atoms with van der Waals surface area (Å²) >= 11 is 0. The maximum Gasteiger partial charge on any atom is 0.305 e. The molecule has 2 unspecified atom stereocenters. The van der Waals surface area contributed by atoms with E-state index in [0.717, 1.165) is 5.56 Å². The van der Waals surface area contributed by atoms with Crippen LogP contribution in [0.4, 0.5) is 4.39 Å². The van der Waals surface area contributed by atoms with Crippen molar-refractivity contribution in [3.8, 4) is 22.6 Å². The summed E-state index contributed by atoms with van der Waals surface area (Å²) in [7, 11) is -2.32. The van der Waals surface area contributed by atoms with Crippen molar-refractivity contribution in [2.45, 2.75) is 44.9 Å². The highest BCUT2D eigenvalue weighted by atomic mass is 31.2. The molecule has 2 N–H and O–H groups in total. The van der Waals surface area contributed by atoms with Crippen LogP contribution in [0.15, 0.2) is 54.6 Å². The largest absolute Gasteiger partial charge is 0.481 e. The third-order valence-electron chi connectivity index (χ3n) is 5.86. The van der Waals surface area contributed by atoms with Gasteiger partial charge in [-0.25, -0.2) is 14.4 Å². The van der Waals surface area contributed by atoms with E-state index < -0.39 is 37.3 Å². The van der Waals surface area contributed by atoms with E-state index in [0.29, 0.717) is 28.3 Å². The predicted molar refractivity (Wildman–Crippen MR) is 133 cm³/mol. The molecule has 1 aromatic heterocycles. The molecule has 0 saturated heterocycles. The van der Waals surface area contributed by atoms with E-state index in [9.17, 15) is 18.9 Å². The Labute approximate surface area is 204 Å². The minimum Gasteiger partial charge on any atom is -0.481 e. The highest BCUT2D eigenvalue weighted by Gasteiger charge is 2.38. The highest BCUT2D eigenvalue weighted by molar-refractivity contribution is 7.59. The van der Waals surface area contributed by atoms with Gasteiger partial charge in [-0.05, 0) is 37.1 Å². The van der Waals surface area contributed by atoms with Crippen molar-refractivity contribution in [3.63, 3.8) is 0 Å². The minimum atomic E-state index is -3.60. The van der Waals surface area contributed by atoms with Gasteiger partial charge in [0.25, 0.3) is 0 Å². The number of aliphatic hydroxyl groups excluding tert-OH is 1. The lowest BCUT2D eigenvalue weighted by atomic mass is 9.96. The van der Waals surface area contributed by atoms with Gasteiger partial charge in [0.1, 0.15) is 5.82 Å². The second kappa shape index (κ2) is 11.2. The van der Waals surface area contributed by atoms with Crippen molar-refractivity contribution in [3.05, 3.63) is 71.7 Å². The number of halogens is 1. The van der Waals surface area contributed by atoms with Gasteiger partial charge in [-0.1, -0.05) is 44.2 Å². The molecule has 3 rings (SSSR count). The Bertz CT molecular complexity index is 1220. The third kappa shape index (κ3) is 6.20. The van der Waals surface area contributed by atoms with E-state index >= 15 is 0 Å². The lowest BCUT2D eigenvalue weighted by Gasteiger charge is -2.29. The quantitative estimate of drug-likeness (QED) is 0.334. The average Bonchev–Trinajstić information content (AvgIpc) is 2.83. The fraction of sp³-hybridized carbons (Fsp3) is 0.346. The number of hydrogen-bond acceptors (Lipinski definition) is 6. The lowest BCUT2D eigenvalue weighted by molar-refractivity contribution is -0.138. The summed E-state index contributed by atoms with van der Waals surface area (Å²) in [5.74, 6) is -1.21. The van der Waals surface area contributed by atoms with Gasteiger partial charge in [0.15, 0.2) is 5.82 Å². The van der Waals surface area contributed by atoms with Crippen molar-refractivity contribution >= 4 is 13.3 Å². The molecule has 0 aliphatic carbocycles. The molecule has 186 valence electrons. The maximum absolute atomic E-state index is 14.0. The van der Waals surface area contributed by atoms with Crippen LogP contribution in [0.1, 0.15) is 50.0 Å². The zero-order valence-corrected chi connectivity index (χ0v) is 21.1. The SMILES string of the molecule is COP(=O)(C[C@@H](O)CC(=O)O)C(C)c1c(-c2ccc(F)cc2)nc(-c2ccccc2)nc1C(C)C. The zero-order chi connectivity index (χ0) is 25.8. The summed E-state index contributed by atoms with van der Waals surface area (Å²) in [6.07, 6.45) is -2.23. The second-order valence-electron chi connectivity index (χ2n) is 8.74. The Morgan fingerprint density at radius 2 is 1.66 bits per heavy atom. The van der Waals surface area contributed by atoms with Gasteiger partial charge in [0.2, 0.25) is 7.37 Å². The molecule has 0 bridgehead atoms. The predicted octanol–water partition coefficient (Wildman–Crippen LogP) is 5.89. The number of benzene rings is 2. The number of nitrogens with zero attached hydrogens (tertiary/aromatic N) is 2. The van der Waals surface area contributed by atoms with Gasteiger partial charge < -0.3 is 14.7 Å². The number of rotatable bonds is 10. The fourth-order valence-electron chi connectivity index (χ4n) is 4.03. The first-order valence-electron chi connectivity index (χ1n) is 11.3. The molecule has 0 saturated carbocycles. The Kier molecular flexibility index (Phi) is 8.54. The molecule has 3 atom stereocenters. The van der Waals surface area contributed by atoms with E-state index in [2.05, 4.69) is 0 Å². The van der Waals surface area contributed by atoms with Crippen LogP contribution >= 0.6 is 7.37 Å². The van der Waals surface area contributed by atoms with Crippen molar-refractivity contribution in [1.82, 2.24) is 9.97 Å². The van der Waals surface area contributed by atoms with Crippen molar-refractivity contribution in [2.75, 3.05) is 13.3 Å². The molecular formula is C26H30FN2O5P. The summed E-state index contributed by atoms with van der Waals surface area (Å²) in [6, 6.07) is 15.3. The smallest absolute Gasteiger partial charge is 0.305 e. The van der Waals surface area contributed by atoms with E-state index in [-0.39, 0.29) is 12.1 Å². The molecule has 2 aromatic carbocycles. The Hall–Kier alpha value is -2.93. The van der Waals surface area contributed by atoms with Crippen LogP contribution in [-0.4, -0.2) is 45.5 Å². The van der Waals surface area contributed by atoms with Gasteiger partial charge in [0.05, 0.1) is 35.7 Å². The molecule has 0 spiro atoms. The van der Waals surface area contributed by atoms with Crippen LogP contribution in [0.2, 0.25) is 0 Å². The molecule has 0 aliphatic heterocycles. The van der Waals surface area contributed by atoms with Crippen molar-refractivity contribution < 1.29 is 28.5 Å². The van der Waals surface area contributed by atoms with Gasteiger partial charge in [-0.15, -0.1) is 0 Å². The highest BCUT2D eigenvalue weighted by Crippen LogP contribution is 2.61. The zero-order valence-electron chi connectivity index (χ0n) is 20.2. The molecule has 1 heterocycles. The summed E-state index contributed by atoms with van der Waals surface area (Å²) in [5, 5.41) is 19.3.